The van der Waals surface area contributed by atoms with Gasteiger partial charge in [-0.25, -0.2) is 12.8 Å². The number of sulfonamides is 1. The second-order valence-corrected chi connectivity index (χ2v) is 9.68. The Kier molecular flexibility index (Phi) is 7.89. The molecule has 10 heteroatoms. The van der Waals surface area contributed by atoms with Crippen molar-refractivity contribution in [2.75, 3.05) is 31.6 Å². The van der Waals surface area contributed by atoms with Gasteiger partial charge in [-0.15, -0.1) is 0 Å². The molecule has 32 heavy (non-hydrogen) atoms. The molecule has 0 aromatic heterocycles. The highest BCUT2D eigenvalue weighted by Gasteiger charge is 2.27. The van der Waals surface area contributed by atoms with E-state index in [1.165, 1.54) is 52.9 Å². The molecule has 1 fully saturated rings. The van der Waals surface area contributed by atoms with Crippen LogP contribution in [0.5, 0.6) is 5.75 Å². The number of anilines is 1. The zero-order valence-corrected chi connectivity index (χ0v) is 19.2. The largest absolute Gasteiger partial charge is 0.489 e. The molecule has 0 radical (unpaired) electrons. The van der Waals surface area contributed by atoms with Crippen molar-refractivity contribution in [1.82, 2.24) is 4.31 Å². The molecule has 1 aliphatic heterocycles. The monoisotopic (exact) mass is 482 g/mol. The van der Waals surface area contributed by atoms with Crippen molar-refractivity contribution in [3.05, 3.63) is 58.9 Å². The lowest BCUT2D eigenvalue weighted by Gasteiger charge is -2.26. The minimum absolute atomic E-state index is 0.0418. The predicted octanol–water partition coefficient (Wildman–Crippen LogP) is 3.94. The minimum Gasteiger partial charge on any atom is -0.489 e. The smallest absolute Gasteiger partial charge is 0.248 e. The number of hydrogen-bond donors (Lipinski definition) is 1. The first-order valence-corrected chi connectivity index (χ1v) is 11.8. The van der Waals surface area contributed by atoms with Gasteiger partial charge in [-0.05, 0) is 55.8 Å². The number of carbonyl (C=O) groups is 1. The van der Waals surface area contributed by atoms with E-state index in [0.29, 0.717) is 24.5 Å². The van der Waals surface area contributed by atoms with Crippen LogP contribution < -0.4 is 10.1 Å². The van der Waals surface area contributed by atoms with Crippen molar-refractivity contribution in [3.8, 4) is 5.75 Å². The zero-order chi connectivity index (χ0) is 23.3. The number of morpholine rings is 1. The van der Waals surface area contributed by atoms with Crippen molar-refractivity contribution in [3.63, 3.8) is 0 Å². The van der Waals surface area contributed by atoms with Crippen LogP contribution in [0.4, 0.5) is 10.1 Å². The van der Waals surface area contributed by atoms with E-state index in [1.54, 1.807) is 0 Å². The van der Waals surface area contributed by atoms with Crippen molar-refractivity contribution in [2.24, 2.45) is 0 Å². The molecule has 0 unspecified atom stereocenters. The van der Waals surface area contributed by atoms with E-state index in [-0.39, 0.29) is 34.8 Å². The summed E-state index contributed by atoms with van der Waals surface area (Å²) >= 11 is 5.76. The van der Waals surface area contributed by atoms with Gasteiger partial charge in [0.25, 0.3) is 0 Å². The highest BCUT2D eigenvalue weighted by atomic mass is 35.5. The maximum absolute atomic E-state index is 13.3. The summed E-state index contributed by atoms with van der Waals surface area (Å²) in [7, 11) is -3.75. The number of halogens is 2. The number of nitrogens with zero attached hydrogens (tertiary/aromatic N) is 1. The molecule has 1 N–H and O–H groups in total. The van der Waals surface area contributed by atoms with E-state index >= 15 is 0 Å². The molecule has 1 amide bonds. The lowest BCUT2D eigenvalue weighted by Crippen LogP contribution is -2.40. The second kappa shape index (κ2) is 10.4. The lowest BCUT2D eigenvalue weighted by atomic mass is 10.2. The Hall–Kier alpha value is -2.46. The summed E-state index contributed by atoms with van der Waals surface area (Å²) in [5.74, 6) is -0.727. The zero-order valence-electron chi connectivity index (χ0n) is 17.7. The molecular formula is C22H24ClFN2O5S. The van der Waals surface area contributed by atoms with Crippen LogP contribution in [-0.2, 0) is 19.6 Å². The summed E-state index contributed by atoms with van der Waals surface area (Å²) in [5.41, 5.74) is 0.758. The van der Waals surface area contributed by atoms with Crippen molar-refractivity contribution >= 4 is 39.3 Å². The van der Waals surface area contributed by atoms with E-state index in [9.17, 15) is 17.6 Å². The summed E-state index contributed by atoms with van der Waals surface area (Å²) < 4.78 is 51.6. The molecule has 7 nitrogen and oxygen atoms in total. The third-order valence-corrected chi connectivity index (χ3v) is 6.73. The molecule has 2 aromatic carbocycles. The molecule has 0 aliphatic carbocycles. The normalized spacial score (nSPS) is 15.3. The summed E-state index contributed by atoms with van der Waals surface area (Å²) in [5, 5.41) is 2.61. The van der Waals surface area contributed by atoms with E-state index in [2.05, 4.69) is 5.32 Å². The first-order valence-electron chi connectivity index (χ1n) is 9.99. The van der Waals surface area contributed by atoms with Crippen molar-refractivity contribution < 1.29 is 27.1 Å². The van der Waals surface area contributed by atoms with Gasteiger partial charge in [0, 0.05) is 19.2 Å². The summed E-state index contributed by atoms with van der Waals surface area (Å²) in [6, 6.07) is 8.43. The van der Waals surface area contributed by atoms with Crippen LogP contribution >= 0.6 is 11.6 Å². The molecule has 0 saturated carbocycles. The molecule has 0 spiro atoms. The van der Waals surface area contributed by atoms with Crippen LogP contribution in [0.2, 0.25) is 5.02 Å². The van der Waals surface area contributed by atoms with Gasteiger partial charge in [-0.2, -0.15) is 4.31 Å². The average Bonchev–Trinajstić information content (AvgIpc) is 2.76. The molecular weight excluding hydrogens is 459 g/mol. The van der Waals surface area contributed by atoms with Crippen LogP contribution in [0.15, 0.2) is 47.4 Å². The standard InChI is InChI=1S/C22H24ClFN2O5S/c1-15(2)31-21-7-5-17(32(28,29)26-9-11-30-12-10-26)14-20(21)25-22(27)8-4-16-3-6-19(24)18(23)13-16/h3-8,13-15H,9-12H2,1-2H3,(H,25,27)/b8-4+. The lowest BCUT2D eigenvalue weighted by molar-refractivity contribution is -0.111. The molecule has 3 rings (SSSR count). The maximum Gasteiger partial charge on any atom is 0.248 e. The molecule has 2 aromatic rings. The van der Waals surface area contributed by atoms with Crippen molar-refractivity contribution in [1.29, 1.82) is 0 Å². The topological polar surface area (TPSA) is 84.9 Å². The Morgan fingerprint density at radius 3 is 2.59 bits per heavy atom. The molecule has 172 valence electrons. The highest BCUT2D eigenvalue weighted by Crippen LogP contribution is 2.30. The number of nitrogens with one attached hydrogen (secondary N) is 1. The van der Waals surface area contributed by atoms with E-state index in [1.807, 2.05) is 13.8 Å². The van der Waals surface area contributed by atoms with E-state index in [0.717, 1.165) is 0 Å². The number of hydrogen-bond acceptors (Lipinski definition) is 5. The number of ether oxygens (including phenoxy) is 2. The quantitative estimate of drug-likeness (QED) is 0.604. The fourth-order valence-electron chi connectivity index (χ4n) is 3.02. The van der Waals surface area contributed by atoms with Gasteiger partial charge in [0.05, 0.1) is 34.9 Å². The molecule has 0 bridgehead atoms. The SMILES string of the molecule is CC(C)Oc1ccc(S(=O)(=O)N2CCOCC2)cc1NC(=O)/C=C/c1ccc(F)c(Cl)c1. The second-order valence-electron chi connectivity index (χ2n) is 7.34. The van der Waals surface area contributed by atoms with Crippen LogP contribution in [0.1, 0.15) is 19.4 Å². The molecule has 1 aliphatic rings. The van der Waals surface area contributed by atoms with Crippen molar-refractivity contribution in [2.45, 2.75) is 24.8 Å². The third kappa shape index (κ3) is 6.07. The van der Waals surface area contributed by atoms with Gasteiger partial charge in [0.1, 0.15) is 11.6 Å². The Morgan fingerprint density at radius 2 is 1.94 bits per heavy atom. The van der Waals surface area contributed by atoms with Gasteiger partial charge in [0.15, 0.2) is 0 Å². The van der Waals surface area contributed by atoms with Gasteiger partial charge in [0.2, 0.25) is 15.9 Å². The number of carbonyl (C=O) groups excluding carboxylic acids is 1. The van der Waals surface area contributed by atoms with Crippen LogP contribution in [-0.4, -0.2) is 51.0 Å². The average molecular weight is 483 g/mol. The first kappa shape index (κ1) is 24.2. The fraction of sp³-hybridized carbons (Fsp3) is 0.318. The Bertz CT molecular complexity index is 1120. The maximum atomic E-state index is 13.3. The van der Waals surface area contributed by atoms with Gasteiger partial charge in [-0.1, -0.05) is 17.7 Å². The predicted molar refractivity (Wildman–Crippen MR) is 121 cm³/mol. The molecule has 1 saturated heterocycles. The number of amides is 1. The Balaban J connectivity index is 1.85. The first-order chi connectivity index (χ1) is 15.2. The van der Waals surface area contributed by atoms with Gasteiger partial charge >= 0.3 is 0 Å². The Morgan fingerprint density at radius 1 is 1.22 bits per heavy atom. The summed E-state index contributed by atoms with van der Waals surface area (Å²) in [6.07, 6.45) is 2.52. The molecule has 0 atom stereocenters. The van der Waals surface area contributed by atoms with E-state index < -0.39 is 21.7 Å². The highest BCUT2D eigenvalue weighted by molar-refractivity contribution is 7.89. The number of benzene rings is 2. The van der Waals surface area contributed by atoms with Gasteiger partial charge < -0.3 is 14.8 Å². The minimum atomic E-state index is -3.75. The van der Waals surface area contributed by atoms with Crippen LogP contribution in [0.3, 0.4) is 0 Å². The van der Waals surface area contributed by atoms with Gasteiger partial charge in [-0.3, -0.25) is 4.79 Å². The summed E-state index contributed by atoms with van der Waals surface area (Å²) in [6.45, 7) is 4.82. The fourth-order valence-corrected chi connectivity index (χ4v) is 4.65. The van der Waals surface area contributed by atoms with Crippen LogP contribution in [0, 0.1) is 5.82 Å². The third-order valence-electron chi connectivity index (χ3n) is 4.55. The molecule has 1 heterocycles. The Labute approximate surface area is 191 Å². The number of rotatable bonds is 7. The van der Waals surface area contributed by atoms with E-state index in [4.69, 9.17) is 21.1 Å². The van der Waals surface area contributed by atoms with Crippen LogP contribution in [0.25, 0.3) is 6.08 Å². The summed E-state index contributed by atoms with van der Waals surface area (Å²) in [4.78, 5) is 12.5.